The molecule has 6 nitrogen and oxygen atoms in total. The molecule has 1 atom stereocenters. The molecule has 0 bridgehead atoms. The highest BCUT2D eigenvalue weighted by Gasteiger charge is 2.33. The number of anilines is 1. The maximum absolute atomic E-state index is 12.9. The Bertz CT molecular complexity index is 955. The van der Waals surface area contributed by atoms with E-state index in [1.54, 1.807) is 36.1 Å². The SMILES string of the molecule is Cn1ccnc1[C@H](Nc1ccc(C(F)(F)F)cc1[N+](=O)[O-])c1ccccc1. The lowest BCUT2D eigenvalue weighted by Gasteiger charge is -2.20. The van der Waals surface area contributed by atoms with Crippen molar-refractivity contribution in [1.82, 2.24) is 9.55 Å². The zero-order valence-corrected chi connectivity index (χ0v) is 14.1. The maximum Gasteiger partial charge on any atom is 0.416 e. The Labute approximate surface area is 152 Å². The summed E-state index contributed by atoms with van der Waals surface area (Å²) in [6, 6.07) is 10.9. The number of aryl methyl sites for hydroxylation is 1. The molecule has 140 valence electrons. The molecular formula is C18H15F3N4O2. The van der Waals surface area contributed by atoms with Gasteiger partial charge in [0.05, 0.1) is 10.5 Å². The number of nitro benzene ring substituents is 1. The number of rotatable bonds is 5. The maximum atomic E-state index is 12.9. The Morgan fingerprint density at radius 2 is 1.89 bits per heavy atom. The van der Waals surface area contributed by atoms with Gasteiger partial charge in [-0.3, -0.25) is 10.1 Å². The summed E-state index contributed by atoms with van der Waals surface area (Å²) in [5.74, 6) is 0.565. The quantitative estimate of drug-likeness (QED) is 0.524. The van der Waals surface area contributed by atoms with Crippen molar-refractivity contribution in [2.24, 2.45) is 7.05 Å². The van der Waals surface area contributed by atoms with Gasteiger partial charge in [-0.05, 0) is 17.7 Å². The van der Waals surface area contributed by atoms with Gasteiger partial charge in [-0.1, -0.05) is 30.3 Å². The molecule has 0 spiro atoms. The molecule has 27 heavy (non-hydrogen) atoms. The molecule has 1 N–H and O–H groups in total. The van der Waals surface area contributed by atoms with Crippen LogP contribution in [0, 0.1) is 10.1 Å². The van der Waals surface area contributed by atoms with E-state index in [1.807, 2.05) is 18.2 Å². The second kappa shape index (κ2) is 7.10. The first-order valence-corrected chi connectivity index (χ1v) is 7.91. The lowest BCUT2D eigenvalue weighted by Crippen LogP contribution is -2.18. The zero-order valence-electron chi connectivity index (χ0n) is 14.1. The molecule has 0 saturated heterocycles. The predicted molar refractivity (Wildman–Crippen MR) is 93.2 cm³/mol. The summed E-state index contributed by atoms with van der Waals surface area (Å²) in [6.45, 7) is 0. The van der Waals surface area contributed by atoms with Gasteiger partial charge in [0.2, 0.25) is 0 Å². The van der Waals surface area contributed by atoms with Crippen molar-refractivity contribution in [1.29, 1.82) is 0 Å². The summed E-state index contributed by atoms with van der Waals surface area (Å²) in [4.78, 5) is 14.8. The number of hydrogen-bond donors (Lipinski definition) is 1. The number of nitrogens with one attached hydrogen (secondary N) is 1. The lowest BCUT2D eigenvalue weighted by molar-refractivity contribution is -0.384. The number of nitrogens with zero attached hydrogens (tertiary/aromatic N) is 3. The van der Waals surface area contributed by atoms with E-state index in [4.69, 9.17) is 0 Å². The molecule has 3 aromatic rings. The Balaban J connectivity index is 2.07. The molecule has 9 heteroatoms. The van der Waals surface area contributed by atoms with Gasteiger partial charge in [0.1, 0.15) is 17.6 Å². The van der Waals surface area contributed by atoms with Crippen molar-refractivity contribution >= 4 is 11.4 Å². The minimum Gasteiger partial charge on any atom is -0.366 e. The number of imidazole rings is 1. The van der Waals surface area contributed by atoms with Crippen LogP contribution in [0.4, 0.5) is 24.5 Å². The zero-order chi connectivity index (χ0) is 19.6. The van der Waals surface area contributed by atoms with Gasteiger partial charge in [0, 0.05) is 25.5 Å². The molecule has 2 aromatic carbocycles. The van der Waals surface area contributed by atoms with Crippen LogP contribution in [0.25, 0.3) is 0 Å². The van der Waals surface area contributed by atoms with Crippen LogP contribution in [-0.4, -0.2) is 14.5 Å². The fourth-order valence-corrected chi connectivity index (χ4v) is 2.73. The average molecular weight is 376 g/mol. The highest BCUT2D eigenvalue weighted by molar-refractivity contribution is 5.64. The molecule has 0 aliphatic rings. The van der Waals surface area contributed by atoms with Crippen LogP contribution >= 0.6 is 0 Å². The third-order valence-electron chi connectivity index (χ3n) is 4.07. The monoisotopic (exact) mass is 376 g/mol. The van der Waals surface area contributed by atoms with E-state index in [1.165, 1.54) is 0 Å². The minimum absolute atomic E-state index is 0.0233. The van der Waals surface area contributed by atoms with Crippen molar-refractivity contribution in [2.75, 3.05) is 5.32 Å². The van der Waals surface area contributed by atoms with Gasteiger partial charge in [0.25, 0.3) is 5.69 Å². The summed E-state index contributed by atoms with van der Waals surface area (Å²) in [5, 5.41) is 14.3. The molecule has 0 aliphatic heterocycles. The first kappa shape index (κ1) is 18.4. The number of benzene rings is 2. The predicted octanol–water partition coefficient (Wildman–Crippen LogP) is 4.55. The third-order valence-corrected chi connectivity index (χ3v) is 4.07. The molecule has 0 radical (unpaired) electrons. The Morgan fingerprint density at radius 1 is 1.19 bits per heavy atom. The van der Waals surface area contributed by atoms with E-state index in [0.29, 0.717) is 11.9 Å². The van der Waals surface area contributed by atoms with Crippen molar-refractivity contribution < 1.29 is 18.1 Å². The molecule has 0 saturated carbocycles. The fourth-order valence-electron chi connectivity index (χ4n) is 2.73. The summed E-state index contributed by atoms with van der Waals surface area (Å²) < 4.78 is 40.5. The van der Waals surface area contributed by atoms with Gasteiger partial charge in [-0.2, -0.15) is 13.2 Å². The van der Waals surface area contributed by atoms with Crippen LogP contribution in [0.15, 0.2) is 60.9 Å². The molecule has 1 aromatic heterocycles. The van der Waals surface area contributed by atoms with Crippen molar-refractivity contribution in [2.45, 2.75) is 12.2 Å². The second-order valence-electron chi connectivity index (χ2n) is 5.87. The number of hydrogen-bond acceptors (Lipinski definition) is 4. The van der Waals surface area contributed by atoms with E-state index in [9.17, 15) is 23.3 Å². The van der Waals surface area contributed by atoms with Crippen LogP contribution in [0.1, 0.15) is 23.0 Å². The van der Waals surface area contributed by atoms with Gasteiger partial charge >= 0.3 is 6.18 Å². The van der Waals surface area contributed by atoms with E-state index in [-0.39, 0.29) is 5.69 Å². The van der Waals surface area contributed by atoms with Gasteiger partial charge < -0.3 is 9.88 Å². The van der Waals surface area contributed by atoms with Crippen LogP contribution in [0.2, 0.25) is 0 Å². The fraction of sp³-hybridized carbons (Fsp3) is 0.167. The van der Waals surface area contributed by atoms with E-state index in [2.05, 4.69) is 10.3 Å². The highest BCUT2D eigenvalue weighted by atomic mass is 19.4. The molecule has 3 rings (SSSR count). The van der Waals surface area contributed by atoms with Crippen LogP contribution in [0.5, 0.6) is 0 Å². The second-order valence-corrected chi connectivity index (χ2v) is 5.87. The average Bonchev–Trinajstić information content (AvgIpc) is 3.05. The summed E-state index contributed by atoms with van der Waals surface area (Å²) in [7, 11) is 1.76. The summed E-state index contributed by atoms with van der Waals surface area (Å²) in [6.07, 6.45) is -1.37. The first-order valence-electron chi connectivity index (χ1n) is 7.91. The van der Waals surface area contributed by atoms with E-state index < -0.39 is 28.4 Å². The lowest BCUT2D eigenvalue weighted by atomic mass is 10.0. The molecule has 0 aliphatic carbocycles. The molecular weight excluding hydrogens is 361 g/mol. The van der Waals surface area contributed by atoms with Crippen molar-refractivity contribution in [3.8, 4) is 0 Å². The molecule has 0 unspecified atom stereocenters. The Kier molecular flexibility index (Phi) is 4.85. The van der Waals surface area contributed by atoms with Gasteiger partial charge in [0.15, 0.2) is 0 Å². The topological polar surface area (TPSA) is 73.0 Å². The molecule has 0 amide bonds. The normalized spacial score (nSPS) is 12.6. The third kappa shape index (κ3) is 3.91. The molecule has 1 heterocycles. The van der Waals surface area contributed by atoms with Crippen LogP contribution < -0.4 is 5.32 Å². The molecule has 0 fully saturated rings. The van der Waals surface area contributed by atoms with E-state index >= 15 is 0 Å². The van der Waals surface area contributed by atoms with Gasteiger partial charge in [-0.25, -0.2) is 4.98 Å². The number of halogens is 3. The number of nitro groups is 1. The van der Waals surface area contributed by atoms with Crippen LogP contribution in [0.3, 0.4) is 0 Å². The minimum atomic E-state index is -4.66. The first-order chi connectivity index (χ1) is 12.8. The number of alkyl halides is 3. The number of aromatic nitrogens is 2. The van der Waals surface area contributed by atoms with Crippen molar-refractivity contribution in [3.63, 3.8) is 0 Å². The van der Waals surface area contributed by atoms with E-state index in [0.717, 1.165) is 17.7 Å². The smallest absolute Gasteiger partial charge is 0.366 e. The Morgan fingerprint density at radius 3 is 2.44 bits per heavy atom. The van der Waals surface area contributed by atoms with Crippen LogP contribution in [-0.2, 0) is 13.2 Å². The van der Waals surface area contributed by atoms with Gasteiger partial charge in [-0.15, -0.1) is 0 Å². The standard InChI is InChI=1S/C18H15F3N4O2/c1-24-10-9-22-17(24)16(12-5-3-2-4-6-12)23-14-8-7-13(18(19,20)21)11-15(14)25(26)27/h2-11,16,23H,1H3/t16-/m1/s1. The summed E-state index contributed by atoms with van der Waals surface area (Å²) in [5.41, 5.74) is -0.987. The largest absolute Gasteiger partial charge is 0.416 e. The summed E-state index contributed by atoms with van der Waals surface area (Å²) >= 11 is 0. The Hall–Kier alpha value is -3.36. The highest BCUT2D eigenvalue weighted by Crippen LogP contribution is 2.37. The van der Waals surface area contributed by atoms with Crippen molar-refractivity contribution in [3.05, 3.63) is 88.0 Å².